The summed E-state index contributed by atoms with van der Waals surface area (Å²) < 4.78 is 4.77. The molecule has 1 aliphatic rings. The Bertz CT molecular complexity index is 548. The summed E-state index contributed by atoms with van der Waals surface area (Å²) in [5.41, 5.74) is 0.729. The van der Waals surface area contributed by atoms with E-state index in [9.17, 15) is 14.4 Å². The topological polar surface area (TPSA) is 66.9 Å². The first-order valence-corrected chi connectivity index (χ1v) is 8.59. The highest BCUT2D eigenvalue weighted by atomic mass is 16.5. The molecule has 1 fully saturated rings. The number of nitrogens with zero attached hydrogens (tertiary/aromatic N) is 2. The summed E-state index contributed by atoms with van der Waals surface area (Å²) in [6.45, 7) is 5.90. The zero-order valence-electron chi connectivity index (χ0n) is 15.3. The lowest BCUT2D eigenvalue weighted by molar-refractivity contribution is -0.151. The van der Waals surface area contributed by atoms with E-state index in [1.165, 1.54) is 6.92 Å². The average Bonchev–Trinajstić information content (AvgIpc) is 3.04. The third-order valence-corrected chi connectivity index (χ3v) is 3.93. The zero-order chi connectivity index (χ0) is 18.7. The Morgan fingerprint density at radius 1 is 1.32 bits per heavy atom. The molecule has 25 heavy (non-hydrogen) atoms. The fraction of sp³-hybridized carbons (Fsp3) is 0.526. The monoisotopic (exact) mass is 348 g/mol. The summed E-state index contributed by atoms with van der Waals surface area (Å²) in [5.74, 6) is -0.485. The van der Waals surface area contributed by atoms with Gasteiger partial charge in [0.15, 0.2) is 6.61 Å². The predicted octanol–water partition coefficient (Wildman–Crippen LogP) is 1.99. The Labute approximate surface area is 149 Å². The lowest BCUT2D eigenvalue weighted by Gasteiger charge is -2.28. The van der Waals surface area contributed by atoms with Crippen LogP contribution < -0.4 is 0 Å². The second-order valence-electron chi connectivity index (χ2n) is 6.10. The number of amides is 1. The van der Waals surface area contributed by atoms with Crippen LogP contribution in [0, 0.1) is 0 Å². The molecule has 1 heterocycles. The number of likely N-dealkylation sites (tertiary alicyclic amines) is 1. The summed E-state index contributed by atoms with van der Waals surface area (Å²) in [7, 11) is 2.06. The molecular formula is C19H28N2O4. The molecule has 1 aromatic carbocycles. The van der Waals surface area contributed by atoms with Crippen molar-refractivity contribution in [3.8, 4) is 0 Å². The van der Waals surface area contributed by atoms with Crippen LogP contribution in [0.2, 0.25) is 0 Å². The Kier molecular flexibility index (Phi) is 9.47. The second kappa shape index (κ2) is 11.4. The first-order chi connectivity index (χ1) is 12.0. The lowest BCUT2D eigenvalue weighted by Crippen LogP contribution is -2.44. The highest BCUT2D eigenvalue weighted by Crippen LogP contribution is 2.14. The molecule has 1 unspecified atom stereocenters. The van der Waals surface area contributed by atoms with Crippen LogP contribution in [0.5, 0.6) is 0 Å². The third kappa shape index (κ3) is 7.94. The van der Waals surface area contributed by atoms with Gasteiger partial charge in [-0.25, -0.2) is 0 Å². The lowest BCUT2D eigenvalue weighted by atomic mass is 10.2. The maximum atomic E-state index is 12.0. The van der Waals surface area contributed by atoms with E-state index < -0.39 is 5.97 Å². The predicted molar refractivity (Wildman–Crippen MR) is 96.4 cm³/mol. The number of aldehydes is 1. The van der Waals surface area contributed by atoms with Crippen LogP contribution in [-0.2, 0) is 14.3 Å². The summed E-state index contributed by atoms with van der Waals surface area (Å²) in [5, 5.41) is 0. The van der Waals surface area contributed by atoms with Crippen molar-refractivity contribution in [3.63, 3.8) is 0 Å². The molecule has 138 valence electrons. The highest BCUT2D eigenvalue weighted by Gasteiger charge is 2.28. The van der Waals surface area contributed by atoms with Gasteiger partial charge >= 0.3 is 5.97 Å². The van der Waals surface area contributed by atoms with Crippen molar-refractivity contribution in [2.24, 2.45) is 0 Å². The van der Waals surface area contributed by atoms with Crippen molar-refractivity contribution in [1.29, 1.82) is 0 Å². The number of hydrogen-bond acceptors (Lipinski definition) is 5. The number of hydrogen-bond donors (Lipinski definition) is 0. The molecule has 0 aromatic heterocycles. The molecule has 1 saturated heterocycles. The van der Waals surface area contributed by atoms with Crippen LogP contribution in [0.25, 0.3) is 0 Å². The van der Waals surface area contributed by atoms with Gasteiger partial charge in [-0.3, -0.25) is 14.4 Å². The largest absolute Gasteiger partial charge is 0.456 e. The highest BCUT2D eigenvalue weighted by molar-refractivity contribution is 5.80. The summed E-state index contributed by atoms with van der Waals surface area (Å²) in [6.07, 6.45) is 2.76. The SMILES string of the molecule is CCCN(C(=O)COC(C)=O)C1CCN(C)C1.O=Cc1ccccc1. The van der Waals surface area contributed by atoms with Gasteiger partial charge in [-0.05, 0) is 26.4 Å². The van der Waals surface area contributed by atoms with Crippen molar-refractivity contribution < 1.29 is 19.1 Å². The minimum atomic E-state index is -0.404. The molecule has 6 nitrogen and oxygen atoms in total. The number of ether oxygens (including phenoxy) is 1. The van der Waals surface area contributed by atoms with Crippen molar-refractivity contribution in [2.75, 3.05) is 33.3 Å². The van der Waals surface area contributed by atoms with E-state index in [-0.39, 0.29) is 18.6 Å². The average molecular weight is 348 g/mol. The minimum absolute atomic E-state index is 0.0812. The van der Waals surface area contributed by atoms with Crippen molar-refractivity contribution in [3.05, 3.63) is 35.9 Å². The van der Waals surface area contributed by atoms with E-state index in [1.807, 2.05) is 30.0 Å². The quantitative estimate of drug-likeness (QED) is 0.581. The number of carbonyl (C=O) groups is 3. The van der Waals surface area contributed by atoms with Crippen molar-refractivity contribution in [1.82, 2.24) is 9.80 Å². The zero-order valence-corrected chi connectivity index (χ0v) is 15.3. The summed E-state index contributed by atoms with van der Waals surface area (Å²) in [4.78, 5) is 36.7. The molecule has 1 atom stereocenters. The first-order valence-electron chi connectivity index (χ1n) is 8.59. The van der Waals surface area contributed by atoms with Crippen LogP contribution in [0.15, 0.2) is 30.3 Å². The van der Waals surface area contributed by atoms with Gasteiger partial charge in [0.2, 0.25) is 0 Å². The number of carbonyl (C=O) groups excluding carboxylic acids is 3. The fourth-order valence-corrected chi connectivity index (χ4v) is 2.70. The van der Waals surface area contributed by atoms with E-state index in [0.717, 1.165) is 44.3 Å². The third-order valence-electron chi connectivity index (χ3n) is 3.93. The molecule has 0 spiro atoms. The van der Waals surface area contributed by atoms with Crippen LogP contribution in [-0.4, -0.2) is 67.3 Å². The maximum Gasteiger partial charge on any atom is 0.303 e. The molecule has 0 radical (unpaired) electrons. The smallest absolute Gasteiger partial charge is 0.303 e. The molecule has 0 bridgehead atoms. The molecule has 2 rings (SSSR count). The standard InChI is InChI=1S/C12H22N2O3.C7H6O/c1-4-6-14(11-5-7-13(3)8-11)12(16)9-17-10(2)15;8-6-7-4-2-1-3-5-7/h11H,4-9H2,1-3H3;1-6H. The molecular weight excluding hydrogens is 320 g/mol. The van der Waals surface area contributed by atoms with Crippen molar-refractivity contribution >= 4 is 18.2 Å². The fourth-order valence-electron chi connectivity index (χ4n) is 2.70. The van der Waals surface area contributed by atoms with Crippen molar-refractivity contribution in [2.45, 2.75) is 32.7 Å². The van der Waals surface area contributed by atoms with Gasteiger partial charge in [-0.15, -0.1) is 0 Å². The van der Waals surface area contributed by atoms with E-state index >= 15 is 0 Å². The summed E-state index contributed by atoms with van der Waals surface area (Å²) >= 11 is 0. The molecule has 0 saturated carbocycles. The van der Waals surface area contributed by atoms with Gasteiger partial charge in [-0.1, -0.05) is 37.3 Å². The van der Waals surface area contributed by atoms with Crippen LogP contribution >= 0.6 is 0 Å². The maximum absolute atomic E-state index is 12.0. The van der Waals surface area contributed by atoms with Crippen LogP contribution in [0.3, 0.4) is 0 Å². The normalized spacial score (nSPS) is 16.5. The van der Waals surface area contributed by atoms with Gasteiger partial charge in [0.1, 0.15) is 6.29 Å². The molecule has 6 heteroatoms. The first kappa shape index (κ1) is 20.8. The number of likely N-dealkylation sites (N-methyl/N-ethyl adjacent to an activating group) is 1. The Hall–Kier alpha value is -2.21. The van der Waals surface area contributed by atoms with Gasteiger partial charge in [0.05, 0.1) is 0 Å². The molecule has 1 amide bonds. The Morgan fingerprint density at radius 3 is 2.44 bits per heavy atom. The van der Waals surface area contributed by atoms with Crippen LogP contribution in [0.1, 0.15) is 37.0 Å². The van der Waals surface area contributed by atoms with E-state index in [4.69, 9.17) is 4.74 Å². The summed E-state index contributed by atoms with van der Waals surface area (Å²) in [6, 6.07) is 9.36. The van der Waals surface area contributed by atoms with Gasteiger partial charge in [0.25, 0.3) is 5.91 Å². The molecule has 1 aromatic rings. The molecule has 1 aliphatic heterocycles. The van der Waals surface area contributed by atoms with E-state index in [1.54, 1.807) is 12.1 Å². The van der Waals surface area contributed by atoms with E-state index in [0.29, 0.717) is 0 Å². The van der Waals surface area contributed by atoms with E-state index in [2.05, 4.69) is 11.9 Å². The minimum Gasteiger partial charge on any atom is -0.456 e. The van der Waals surface area contributed by atoms with Crippen LogP contribution in [0.4, 0.5) is 0 Å². The Morgan fingerprint density at radius 2 is 2.00 bits per heavy atom. The van der Waals surface area contributed by atoms with Gasteiger partial charge in [-0.2, -0.15) is 0 Å². The number of benzene rings is 1. The molecule has 0 aliphatic carbocycles. The second-order valence-corrected chi connectivity index (χ2v) is 6.10. The number of rotatable bonds is 6. The molecule has 0 N–H and O–H groups in total. The Balaban J connectivity index is 0.000000324. The number of esters is 1. The van der Waals surface area contributed by atoms with Gasteiger partial charge in [0, 0.05) is 31.6 Å². The van der Waals surface area contributed by atoms with Gasteiger partial charge < -0.3 is 14.5 Å².